The lowest BCUT2D eigenvalue weighted by atomic mass is 10.0. The third kappa shape index (κ3) is 3.37. The maximum absolute atomic E-state index is 5.43. The van der Waals surface area contributed by atoms with Crippen molar-refractivity contribution in [3.8, 4) is 39.8 Å². The number of pyridine rings is 1. The Morgan fingerprint density at radius 1 is 0.607 bits per heavy atom. The van der Waals surface area contributed by atoms with E-state index in [1.807, 2.05) is 54.6 Å². The van der Waals surface area contributed by atoms with Crippen LogP contribution in [0.3, 0.4) is 0 Å². The Balaban J connectivity index is 1.96. The summed E-state index contributed by atoms with van der Waals surface area (Å²) in [6.07, 6.45) is 0. The lowest BCUT2D eigenvalue weighted by Crippen LogP contribution is -1.94. The third-order valence-corrected chi connectivity index (χ3v) is 4.73. The highest BCUT2D eigenvalue weighted by Gasteiger charge is 2.12. The molecular formula is C24H21NO3. The average molecular weight is 371 g/mol. The molecule has 0 amide bonds. The Morgan fingerprint density at radius 3 is 2.00 bits per heavy atom. The Bertz CT molecular complexity index is 1120. The molecule has 0 saturated carbocycles. The number of benzene rings is 3. The van der Waals surface area contributed by atoms with Crippen LogP contribution in [0.4, 0.5) is 0 Å². The Morgan fingerprint density at radius 2 is 1.29 bits per heavy atom. The van der Waals surface area contributed by atoms with E-state index >= 15 is 0 Å². The van der Waals surface area contributed by atoms with E-state index in [0.717, 1.165) is 50.5 Å². The summed E-state index contributed by atoms with van der Waals surface area (Å²) in [5, 5.41) is 2.21. The number of ether oxygens (including phenoxy) is 3. The largest absolute Gasteiger partial charge is 0.497 e. The topological polar surface area (TPSA) is 40.6 Å². The van der Waals surface area contributed by atoms with Crippen molar-refractivity contribution in [1.82, 2.24) is 4.98 Å². The molecule has 28 heavy (non-hydrogen) atoms. The van der Waals surface area contributed by atoms with E-state index in [2.05, 4.69) is 18.2 Å². The maximum Gasteiger partial charge on any atom is 0.123 e. The predicted octanol–water partition coefficient (Wildman–Crippen LogP) is 5.59. The van der Waals surface area contributed by atoms with Gasteiger partial charge in [-0.3, -0.25) is 0 Å². The van der Waals surface area contributed by atoms with Crippen LogP contribution in [0.15, 0.2) is 72.8 Å². The summed E-state index contributed by atoms with van der Waals surface area (Å²) < 4.78 is 16.3. The zero-order valence-electron chi connectivity index (χ0n) is 16.1. The van der Waals surface area contributed by atoms with Gasteiger partial charge in [0.25, 0.3) is 0 Å². The molecule has 140 valence electrons. The van der Waals surface area contributed by atoms with Gasteiger partial charge < -0.3 is 14.2 Å². The summed E-state index contributed by atoms with van der Waals surface area (Å²) in [6, 6.07) is 24.1. The summed E-state index contributed by atoms with van der Waals surface area (Å²) in [4.78, 5) is 5.00. The van der Waals surface area contributed by atoms with Crippen LogP contribution in [-0.2, 0) is 0 Å². The highest BCUT2D eigenvalue weighted by atomic mass is 16.5. The van der Waals surface area contributed by atoms with E-state index in [-0.39, 0.29) is 0 Å². The van der Waals surface area contributed by atoms with Crippen molar-refractivity contribution in [2.24, 2.45) is 0 Å². The summed E-state index contributed by atoms with van der Waals surface area (Å²) in [7, 11) is 4.96. The minimum Gasteiger partial charge on any atom is -0.497 e. The van der Waals surface area contributed by atoms with Crippen LogP contribution in [0.2, 0.25) is 0 Å². The van der Waals surface area contributed by atoms with Crippen LogP contribution in [0, 0.1) is 0 Å². The van der Waals surface area contributed by atoms with Gasteiger partial charge in [0.2, 0.25) is 0 Å². The molecule has 0 bridgehead atoms. The first-order valence-corrected chi connectivity index (χ1v) is 8.99. The van der Waals surface area contributed by atoms with Gasteiger partial charge in [-0.15, -0.1) is 0 Å². The predicted molar refractivity (Wildman–Crippen MR) is 112 cm³/mol. The summed E-state index contributed by atoms with van der Waals surface area (Å²) >= 11 is 0. The number of aromatic nitrogens is 1. The minimum atomic E-state index is 0.729. The first-order valence-electron chi connectivity index (χ1n) is 8.99. The van der Waals surface area contributed by atoms with Gasteiger partial charge in [0, 0.05) is 22.6 Å². The number of rotatable bonds is 5. The van der Waals surface area contributed by atoms with Crippen molar-refractivity contribution in [1.29, 1.82) is 0 Å². The van der Waals surface area contributed by atoms with E-state index < -0.39 is 0 Å². The van der Waals surface area contributed by atoms with Crippen LogP contribution in [0.25, 0.3) is 33.3 Å². The second-order valence-corrected chi connectivity index (χ2v) is 6.41. The molecule has 4 nitrogen and oxygen atoms in total. The van der Waals surface area contributed by atoms with Gasteiger partial charge in [-0.1, -0.05) is 36.4 Å². The fraction of sp³-hybridized carbons (Fsp3) is 0.125. The molecule has 0 aliphatic carbocycles. The van der Waals surface area contributed by atoms with E-state index in [0.29, 0.717) is 0 Å². The first kappa shape index (κ1) is 17.9. The molecule has 0 aliphatic heterocycles. The van der Waals surface area contributed by atoms with Gasteiger partial charge >= 0.3 is 0 Å². The van der Waals surface area contributed by atoms with E-state index in [1.165, 1.54) is 0 Å². The van der Waals surface area contributed by atoms with Crippen molar-refractivity contribution < 1.29 is 14.2 Å². The zero-order valence-corrected chi connectivity index (χ0v) is 16.1. The maximum atomic E-state index is 5.43. The molecule has 4 aromatic rings. The SMILES string of the molecule is COc1cc(OC)cc(-c2cc3ccccc3c(-c3cccc(OC)c3)n2)c1. The molecule has 0 radical (unpaired) electrons. The molecule has 1 heterocycles. The lowest BCUT2D eigenvalue weighted by Gasteiger charge is -2.13. The molecule has 0 saturated heterocycles. The fourth-order valence-corrected chi connectivity index (χ4v) is 3.29. The monoisotopic (exact) mass is 371 g/mol. The van der Waals surface area contributed by atoms with E-state index in [1.54, 1.807) is 21.3 Å². The molecule has 0 atom stereocenters. The molecule has 0 fully saturated rings. The van der Waals surface area contributed by atoms with Crippen molar-refractivity contribution in [3.05, 3.63) is 72.8 Å². The van der Waals surface area contributed by atoms with Crippen LogP contribution >= 0.6 is 0 Å². The summed E-state index contributed by atoms with van der Waals surface area (Å²) in [6.45, 7) is 0. The van der Waals surface area contributed by atoms with Gasteiger partial charge in [-0.2, -0.15) is 0 Å². The number of fused-ring (bicyclic) bond motifs is 1. The van der Waals surface area contributed by atoms with Gasteiger partial charge in [0.15, 0.2) is 0 Å². The van der Waals surface area contributed by atoms with Gasteiger partial charge in [0.1, 0.15) is 17.2 Å². The quantitative estimate of drug-likeness (QED) is 0.458. The fourth-order valence-electron chi connectivity index (χ4n) is 3.29. The molecule has 0 aliphatic rings. The van der Waals surface area contributed by atoms with Crippen molar-refractivity contribution in [2.45, 2.75) is 0 Å². The van der Waals surface area contributed by atoms with Crippen LogP contribution < -0.4 is 14.2 Å². The minimum absolute atomic E-state index is 0.729. The second-order valence-electron chi connectivity index (χ2n) is 6.41. The van der Waals surface area contributed by atoms with Crippen molar-refractivity contribution in [2.75, 3.05) is 21.3 Å². The average Bonchev–Trinajstić information content (AvgIpc) is 2.77. The molecule has 4 rings (SSSR count). The highest BCUT2D eigenvalue weighted by molar-refractivity contribution is 5.97. The third-order valence-electron chi connectivity index (χ3n) is 4.73. The second kappa shape index (κ2) is 7.61. The molecular weight excluding hydrogens is 350 g/mol. The summed E-state index contributed by atoms with van der Waals surface area (Å²) in [5.41, 5.74) is 3.71. The Labute approximate surface area is 164 Å². The standard InChI is InChI=1S/C24H21NO3/c1-26-19-9-6-8-17(11-19)24-22-10-5-4-7-16(22)14-23(25-24)18-12-20(27-2)15-21(13-18)28-3/h4-15H,1-3H3. The number of hydrogen-bond donors (Lipinski definition) is 0. The summed E-state index contributed by atoms with van der Waals surface area (Å²) in [5.74, 6) is 2.26. The molecule has 0 N–H and O–H groups in total. The number of hydrogen-bond acceptors (Lipinski definition) is 4. The number of methoxy groups -OCH3 is 3. The molecule has 1 aromatic heterocycles. The Hall–Kier alpha value is -3.53. The van der Waals surface area contributed by atoms with Crippen LogP contribution in [0.1, 0.15) is 0 Å². The van der Waals surface area contributed by atoms with Gasteiger partial charge in [-0.05, 0) is 35.7 Å². The molecule has 0 unspecified atom stereocenters. The molecule has 3 aromatic carbocycles. The lowest BCUT2D eigenvalue weighted by molar-refractivity contribution is 0.394. The van der Waals surface area contributed by atoms with Crippen LogP contribution in [0.5, 0.6) is 17.2 Å². The highest BCUT2D eigenvalue weighted by Crippen LogP contribution is 2.35. The first-order chi connectivity index (χ1) is 13.7. The van der Waals surface area contributed by atoms with E-state index in [4.69, 9.17) is 19.2 Å². The van der Waals surface area contributed by atoms with Gasteiger partial charge in [-0.25, -0.2) is 4.98 Å². The van der Waals surface area contributed by atoms with Crippen molar-refractivity contribution in [3.63, 3.8) is 0 Å². The number of nitrogens with zero attached hydrogens (tertiary/aromatic N) is 1. The van der Waals surface area contributed by atoms with Gasteiger partial charge in [0.05, 0.1) is 32.7 Å². The molecule has 4 heteroatoms. The van der Waals surface area contributed by atoms with E-state index in [9.17, 15) is 0 Å². The molecule has 0 spiro atoms. The normalized spacial score (nSPS) is 10.7. The van der Waals surface area contributed by atoms with Crippen molar-refractivity contribution >= 4 is 10.8 Å². The zero-order chi connectivity index (χ0) is 19.5. The Kier molecular flexibility index (Phi) is 4.85. The smallest absolute Gasteiger partial charge is 0.123 e. The van der Waals surface area contributed by atoms with Crippen LogP contribution in [-0.4, -0.2) is 26.3 Å².